The first kappa shape index (κ1) is 18.3. The molecule has 2 N–H and O–H groups in total. The summed E-state index contributed by atoms with van der Waals surface area (Å²) in [7, 11) is 0. The molecule has 3 aromatic rings. The molecule has 27 heavy (non-hydrogen) atoms. The summed E-state index contributed by atoms with van der Waals surface area (Å²) in [4.78, 5) is 28.9. The number of hydrogen-bond acceptors (Lipinski definition) is 3. The Morgan fingerprint density at radius 2 is 1.56 bits per heavy atom. The molecule has 0 saturated heterocycles. The zero-order valence-corrected chi connectivity index (χ0v) is 14.6. The zero-order chi connectivity index (χ0) is 19.2. The fourth-order valence-corrected chi connectivity index (χ4v) is 2.54. The minimum absolute atomic E-state index is 0.0688. The highest BCUT2D eigenvalue weighted by molar-refractivity contribution is 6.03. The monoisotopic (exact) mass is 363 g/mol. The first-order valence-electron chi connectivity index (χ1n) is 8.43. The van der Waals surface area contributed by atoms with Gasteiger partial charge in [0.05, 0.1) is 6.04 Å². The SMILES string of the molecule is CC(NC(=O)c1cccc(C(=O)Nc2cccc(F)c2)n1)c1ccccc1. The molecule has 0 aliphatic heterocycles. The second-order valence-electron chi connectivity index (χ2n) is 5.98. The Morgan fingerprint density at radius 1 is 0.889 bits per heavy atom. The Balaban J connectivity index is 1.71. The van der Waals surface area contributed by atoms with Crippen LogP contribution in [-0.4, -0.2) is 16.8 Å². The highest BCUT2D eigenvalue weighted by atomic mass is 19.1. The number of anilines is 1. The summed E-state index contributed by atoms with van der Waals surface area (Å²) in [5.41, 5.74) is 1.48. The molecule has 1 heterocycles. The Kier molecular flexibility index (Phi) is 5.56. The minimum atomic E-state index is -0.522. The summed E-state index contributed by atoms with van der Waals surface area (Å²) < 4.78 is 13.2. The average molecular weight is 363 g/mol. The fourth-order valence-electron chi connectivity index (χ4n) is 2.54. The van der Waals surface area contributed by atoms with Gasteiger partial charge in [-0.15, -0.1) is 0 Å². The third kappa shape index (κ3) is 4.76. The maximum absolute atomic E-state index is 13.2. The van der Waals surface area contributed by atoms with Crippen molar-refractivity contribution in [1.29, 1.82) is 0 Å². The maximum Gasteiger partial charge on any atom is 0.274 e. The molecule has 6 heteroatoms. The van der Waals surface area contributed by atoms with Gasteiger partial charge in [0.1, 0.15) is 17.2 Å². The lowest BCUT2D eigenvalue weighted by molar-refractivity contribution is 0.0934. The normalized spacial score (nSPS) is 11.5. The lowest BCUT2D eigenvalue weighted by atomic mass is 10.1. The molecule has 2 amide bonds. The topological polar surface area (TPSA) is 71.1 Å². The molecule has 1 unspecified atom stereocenters. The Labute approximate surface area is 156 Å². The Hall–Kier alpha value is -3.54. The minimum Gasteiger partial charge on any atom is -0.344 e. The van der Waals surface area contributed by atoms with E-state index in [2.05, 4.69) is 15.6 Å². The fraction of sp³-hybridized carbons (Fsp3) is 0.0952. The zero-order valence-electron chi connectivity index (χ0n) is 14.6. The number of carbonyl (C=O) groups excluding carboxylic acids is 2. The molecule has 2 aromatic carbocycles. The molecule has 5 nitrogen and oxygen atoms in total. The van der Waals surface area contributed by atoms with E-state index in [1.54, 1.807) is 12.1 Å². The highest BCUT2D eigenvalue weighted by Gasteiger charge is 2.15. The van der Waals surface area contributed by atoms with E-state index in [-0.39, 0.29) is 23.3 Å². The highest BCUT2D eigenvalue weighted by Crippen LogP contribution is 2.13. The Bertz CT molecular complexity index is 960. The van der Waals surface area contributed by atoms with Crippen molar-refractivity contribution < 1.29 is 14.0 Å². The molecular weight excluding hydrogens is 345 g/mol. The van der Waals surface area contributed by atoms with Crippen molar-refractivity contribution in [2.75, 3.05) is 5.32 Å². The second-order valence-corrected chi connectivity index (χ2v) is 5.98. The van der Waals surface area contributed by atoms with Crippen LogP contribution in [0.3, 0.4) is 0 Å². The first-order valence-corrected chi connectivity index (χ1v) is 8.43. The van der Waals surface area contributed by atoms with Gasteiger partial charge in [0.15, 0.2) is 0 Å². The number of aromatic nitrogens is 1. The number of halogens is 1. The molecule has 0 saturated carbocycles. The molecule has 136 valence electrons. The van der Waals surface area contributed by atoms with E-state index in [4.69, 9.17) is 0 Å². The van der Waals surface area contributed by atoms with E-state index >= 15 is 0 Å². The predicted octanol–water partition coefficient (Wildman–Crippen LogP) is 3.96. The summed E-state index contributed by atoms with van der Waals surface area (Å²) in [5.74, 6) is -1.36. The first-order chi connectivity index (χ1) is 13.0. The van der Waals surface area contributed by atoms with E-state index in [0.29, 0.717) is 5.69 Å². The van der Waals surface area contributed by atoms with Gasteiger partial charge in [-0.25, -0.2) is 9.37 Å². The molecule has 3 rings (SSSR count). The summed E-state index contributed by atoms with van der Waals surface area (Å²) in [6.07, 6.45) is 0. The number of nitrogens with one attached hydrogen (secondary N) is 2. The lowest BCUT2D eigenvalue weighted by Crippen LogP contribution is -2.28. The van der Waals surface area contributed by atoms with E-state index in [0.717, 1.165) is 5.56 Å². The number of rotatable bonds is 5. The van der Waals surface area contributed by atoms with Crippen LogP contribution in [-0.2, 0) is 0 Å². The van der Waals surface area contributed by atoms with Gasteiger partial charge < -0.3 is 10.6 Å². The summed E-state index contributed by atoms with van der Waals surface area (Å²) >= 11 is 0. The van der Waals surface area contributed by atoms with Gasteiger partial charge in [0.2, 0.25) is 0 Å². The van der Waals surface area contributed by atoms with Crippen molar-refractivity contribution in [3.05, 3.63) is 95.6 Å². The largest absolute Gasteiger partial charge is 0.344 e. The van der Waals surface area contributed by atoms with Crippen LogP contribution in [0.15, 0.2) is 72.8 Å². The molecule has 1 aromatic heterocycles. The van der Waals surface area contributed by atoms with Crippen molar-refractivity contribution >= 4 is 17.5 Å². The van der Waals surface area contributed by atoms with Crippen LogP contribution in [0.1, 0.15) is 39.5 Å². The van der Waals surface area contributed by atoms with Crippen molar-refractivity contribution in [2.45, 2.75) is 13.0 Å². The number of carbonyl (C=O) groups is 2. The van der Waals surface area contributed by atoms with Gasteiger partial charge in [0, 0.05) is 5.69 Å². The summed E-state index contributed by atoms with van der Waals surface area (Å²) in [6, 6.07) is 19.5. The van der Waals surface area contributed by atoms with Crippen LogP contribution in [0.25, 0.3) is 0 Å². The molecule has 0 fully saturated rings. The smallest absolute Gasteiger partial charge is 0.274 e. The van der Waals surface area contributed by atoms with Crippen LogP contribution in [0, 0.1) is 5.82 Å². The summed E-state index contributed by atoms with van der Waals surface area (Å²) in [5, 5.41) is 5.41. The Morgan fingerprint density at radius 3 is 2.26 bits per heavy atom. The van der Waals surface area contributed by atoms with Gasteiger partial charge in [-0.3, -0.25) is 9.59 Å². The van der Waals surface area contributed by atoms with Crippen molar-refractivity contribution in [2.24, 2.45) is 0 Å². The summed E-state index contributed by atoms with van der Waals surface area (Å²) in [6.45, 7) is 1.87. The van der Waals surface area contributed by atoms with Gasteiger partial charge in [-0.05, 0) is 42.8 Å². The molecular formula is C21H18FN3O2. The number of pyridine rings is 1. The number of benzene rings is 2. The van der Waals surface area contributed by atoms with Crippen LogP contribution >= 0.6 is 0 Å². The van der Waals surface area contributed by atoms with Crippen LogP contribution in [0.2, 0.25) is 0 Å². The van der Waals surface area contributed by atoms with Gasteiger partial charge >= 0.3 is 0 Å². The van der Waals surface area contributed by atoms with Gasteiger partial charge in [0.25, 0.3) is 11.8 Å². The quantitative estimate of drug-likeness (QED) is 0.721. The van der Waals surface area contributed by atoms with Crippen molar-refractivity contribution in [1.82, 2.24) is 10.3 Å². The molecule has 0 aliphatic rings. The van der Waals surface area contributed by atoms with Crippen molar-refractivity contribution in [3.8, 4) is 0 Å². The van der Waals surface area contributed by atoms with Gasteiger partial charge in [-0.2, -0.15) is 0 Å². The lowest BCUT2D eigenvalue weighted by Gasteiger charge is -2.14. The molecule has 0 spiro atoms. The molecule has 0 aliphatic carbocycles. The standard InChI is InChI=1S/C21H18FN3O2/c1-14(15-7-3-2-4-8-15)23-20(26)18-11-6-12-19(25-18)21(27)24-17-10-5-9-16(22)13-17/h2-14H,1H3,(H,23,26)(H,24,27). The number of amides is 2. The van der Waals surface area contributed by atoms with Crippen LogP contribution in [0.4, 0.5) is 10.1 Å². The van der Waals surface area contributed by atoms with Crippen molar-refractivity contribution in [3.63, 3.8) is 0 Å². The van der Waals surface area contributed by atoms with E-state index in [1.807, 2.05) is 37.3 Å². The maximum atomic E-state index is 13.2. The van der Waals surface area contributed by atoms with E-state index in [9.17, 15) is 14.0 Å². The van der Waals surface area contributed by atoms with E-state index < -0.39 is 11.7 Å². The third-order valence-corrected chi connectivity index (χ3v) is 3.94. The number of nitrogens with zero attached hydrogens (tertiary/aromatic N) is 1. The van der Waals surface area contributed by atoms with Gasteiger partial charge in [-0.1, -0.05) is 42.5 Å². The second kappa shape index (κ2) is 8.23. The van der Waals surface area contributed by atoms with Crippen LogP contribution < -0.4 is 10.6 Å². The number of hydrogen-bond donors (Lipinski definition) is 2. The average Bonchev–Trinajstić information content (AvgIpc) is 2.68. The van der Waals surface area contributed by atoms with E-state index in [1.165, 1.54) is 30.3 Å². The van der Waals surface area contributed by atoms with Crippen LogP contribution in [0.5, 0.6) is 0 Å². The molecule has 1 atom stereocenters. The predicted molar refractivity (Wildman–Crippen MR) is 101 cm³/mol. The molecule has 0 bridgehead atoms. The molecule has 0 radical (unpaired) electrons. The third-order valence-electron chi connectivity index (χ3n) is 3.94.